The van der Waals surface area contributed by atoms with Gasteiger partial charge in [0.05, 0.1) is 0 Å². The van der Waals surface area contributed by atoms with E-state index in [4.69, 9.17) is 4.42 Å². The van der Waals surface area contributed by atoms with E-state index in [0.29, 0.717) is 4.67 Å². The highest BCUT2D eigenvalue weighted by molar-refractivity contribution is 9.10. The number of aliphatic hydroxyl groups is 1. The van der Waals surface area contributed by atoms with Crippen molar-refractivity contribution in [3.63, 3.8) is 0 Å². The highest BCUT2D eigenvalue weighted by Gasteiger charge is 2.13. The monoisotopic (exact) mass is 315 g/mol. The topological polar surface area (TPSA) is 62.5 Å². The Hall–Kier alpha value is -1.11. The first kappa shape index (κ1) is 12.3. The normalized spacial score (nSPS) is 12.4. The van der Waals surface area contributed by atoms with Crippen LogP contribution in [0.4, 0.5) is 0 Å². The van der Waals surface area contributed by atoms with E-state index in [1.54, 1.807) is 12.1 Å². The molecule has 1 atom stereocenters. The maximum Gasteiger partial charge on any atom is 0.287 e. The second kappa shape index (κ2) is 5.48. The van der Waals surface area contributed by atoms with Crippen molar-refractivity contribution in [2.75, 3.05) is 6.54 Å². The number of nitrogens with one attached hydrogen (secondary N) is 1. The van der Waals surface area contributed by atoms with Crippen molar-refractivity contribution in [1.82, 2.24) is 5.32 Å². The van der Waals surface area contributed by atoms with Crippen molar-refractivity contribution < 1.29 is 14.3 Å². The molecule has 90 valence electrons. The number of aliphatic hydroxyl groups excluding tert-OH is 1. The lowest BCUT2D eigenvalue weighted by Crippen LogP contribution is -2.27. The first-order valence-corrected chi connectivity index (χ1v) is 6.59. The maximum absolute atomic E-state index is 11.6. The summed E-state index contributed by atoms with van der Waals surface area (Å²) in [5, 5.41) is 14.2. The molecule has 1 unspecified atom stereocenters. The van der Waals surface area contributed by atoms with Crippen LogP contribution in [-0.2, 0) is 0 Å². The van der Waals surface area contributed by atoms with Gasteiger partial charge in [-0.05, 0) is 39.5 Å². The van der Waals surface area contributed by atoms with E-state index < -0.39 is 6.10 Å². The lowest BCUT2D eigenvalue weighted by Gasteiger charge is -2.08. The summed E-state index contributed by atoms with van der Waals surface area (Å²) in [5.74, 6) is -0.124. The van der Waals surface area contributed by atoms with E-state index in [0.717, 1.165) is 4.88 Å². The third-order valence-electron chi connectivity index (χ3n) is 2.12. The summed E-state index contributed by atoms with van der Waals surface area (Å²) >= 11 is 4.57. The lowest BCUT2D eigenvalue weighted by molar-refractivity contribution is 0.0889. The molecule has 1 amide bonds. The minimum absolute atomic E-state index is 0.164. The van der Waals surface area contributed by atoms with E-state index in [-0.39, 0.29) is 18.2 Å². The van der Waals surface area contributed by atoms with Crippen molar-refractivity contribution >= 4 is 33.2 Å². The molecule has 0 fully saturated rings. The van der Waals surface area contributed by atoms with Gasteiger partial charge >= 0.3 is 0 Å². The van der Waals surface area contributed by atoms with Gasteiger partial charge in [0.25, 0.3) is 5.91 Å². The van der Waals surface area contributed by atoms with Gasteiger partial charge in [-0.15, -0.1) is 11.3 Å². The van der Waals surface area contributed by atoms with E-state index >= 15 is 0 Å². The third-order valence-corrected chi connectivity index (χ3v) is 3.52. The minimum atomic E-state index is -0.683. The van der Waals surface area contributed by atoms with E-state index in [1.807, 2.05) is 17.5 Å². The van der Waals surface area contributed by atoms with Gasteiger partial charge in [0, 0.05) is 11.4 Å². The van der Waals surface area contributed by atoms with Crippen LogP contribution < -0.4 is 5.32 Å². The van der Waals surface area contributed by atoms with E-state index in [1.165, 1.54) is 11.3 Å². The van der Waals surface area contributed by atoms with Crippen LogP contribution in [0.3, 0.4) is 0 Å². The molecule has 0 saturated heterocycles. The number of halogens is 1. The quantitative estimate of drug-likeness (QED) is 0.911. The van der Waals surface area contributed by atoms with E-state index in [2.05, 4.69) is 21.2 Å². The predicted molar refractivity (Wildman–Crippen MR) is 68.0 cm³/mol. The first-order valence-electron chi connectivity index (χ1n) is 4.92. The highest BCUT2D eigenvalue weighted by Crippen LogP contribution is 2.18. The molecule has 0 aromatic carbocycles. The molecule has 0 aliphatic carbocycles. The number of amides is 1. The van der Waals surface area contributed by atoms with Crippen molar-refractivity contribution in [3.8, 4) is 0 Å². The molecule has 0 bridgehead atoms. The average molecular weight is 316 g/mol. The highest BCUT2D eigenvalue weighted by atomic mass is 79.9. The molecule has 2 N–H and O–H groups in total. The number of carbonyl (C=O) groups excluding carboxylic acids is 1. The summed E-state index contributed by atoms with van der Waals surface area (Å²) in [6.07, 6.45) is -0.683. The fraction of sp³-hybridized carbons (Fsp3) is 0.182. The zero-order valence-electron chi connectivity index (χ0n) is 8.72. The summed E-state index contributed by atoms with van der Waals surface area (Å²) in [7, 11) is 0. The molecule has 17 heavy (non-hydrogen) atoms. The smallest absolute Gasteiger partial charge is 0.287 e. The first-order chi connectivity index (χ1) is 8.16. The molecule has 2 aromatic rings. The summed E-state index contributed by atoms with van der Waals surface area (Å²) in [4.78, 5) is 12.4. The van der Waals surface area contributed by atoms with Crippen molar-refractivity contribution in [3.05, 3.63) is 45.0 Å². The van der Waals surface area contributed by atoms with Gasteiger partial charge in [0.15, 0.2) is 10.4 Å². The van der Waals surface area contributed by atoms with E-state index in [9.17, 15) is 9.90 Å². The average Bonchev–Trinajstić information content (AvgIpc) is 2.95. The minimum Gasteiger partial charge on any atom is -0.444 e. The number of thiophene rings is 1. The predicted octanol–water partition coefficient (Wildman–Crippen LogP) is 2.57. The van der Waals surface area contributed by atoms with Gasteiger partial charge < -0.3 is 14.8 Å². The van der Waals surface area contributed by atoms with Gasteiger partial charge in [-0.25, -0.2) is 0 Å². The van der Waals surface area contributed by atoms with Crippen molar-refractivity contribution in [2.24, 2.45) is 0 Å². The van der Waals surface area contributed by atoms with Crippen LogP contribution in [0, 0.1) is 0 Å². The number of hydrogen-bond donors (Lipinski definition) is 2. The number of rotatable bonds is 4. The fourth-order valence-electron chi connectivity index (χ4n) is 1.29. The van der Waals surface area contributed by atoms with Crippen LogP contribution in [0.25, 0.3) is 0 Å². The van der Waals surface area contributed by atoms with Gasteiger partial charge in [0.1, 0.15) is 6.10 Å². The third kappa shape index (κ3) is 3.18. The van der Waals surface area contributed by atoms with Crippen LogP contribution in [0.5, 0.6) is 0 Å². The van der Waals surface area contributed by atoms with Crippen LogP contribution in [-0.4, -0.2) is 17.6 Å². The maximum atomic E-state index is 11.6. The molecular formula is C11H10BrNO3S. The number of furan rings is 1. The van der Waals surface area contributed by atoms with Crippen LogP contribution in [0.2, 0.25) is 0 Å². The fourth-order valence-corrected chi connectivity index (χ4v) is 2.31. The zero-order valence-corrected chi connectivity index (χ0v) is 11.1. The SMILES string of the molecule is O=C(NCC(O)c1cccs1)c1ccc(Br)o1. The molecule has 2 rings (SSSR count). The van der Waals surface area contributed by atoms with Gasteiger partial charge in [-0.3, -0.25) is 4.79 Å². The molecule has 0 radical (unpaired) electrons. The Kier molecular flexibility index (Phi) is 3.98. The Balaban J connectivity index is 1.88. The molecule has 4 nitrogen and oxygen atoms in total. The Morgan fingerprint density at radius 2 is 2.35 bits per heavy atom. The molecule has 0 aliphatic rings. The molecular weight excluding hydrogens is 306 g/mol. The van der Waals surface area contributed by atoms with Crippen molar-refractivity contribution in [2.45, 2.75) is 6.10 Å². The van der Waals surface area contributed by atoms with Gasteiger partial charge in [0.2, 0.25) is 0 Å². The lowest BCUT2D eigenvalue weighted by atomic mass is 10.3. The summed E-state index contributed by atoms with van der Waals surface area (Å²) < 4.78 is 5.60. The standard InChI is InChI=1S/C11H10BrNO3S/c12-10-4-3-8(16-10)11(15)13-6-7(14)9-2-1-5-17-9/h1-5,7,14H,6H2,(H,13,15). The van der Waals surface area contributed by atoms with Gasteiger partial charge in [-0.1, -0.05) is 6.07 Å². The van der Waals surface area contributed by atoms with Crippen LogP contribution in [0.1, 0.15) is 21.5 Å². The Morgan fingerprint density at radius 1 is 1.53 bits per heavy atom. The largest absolute Gasteiger partial charge is 0.444 e. The van der Waals surface area contributed by atoms with Gasteiger partial charge in [-0.2, -0.15) is 0 Å². The molecule has 2 aromatic heterocycles. The zero-order chi connectivity index (χ0) is 12.3. The van der Waals surface area contributed by atoms with Crippen LogP contribution >= 0.6 is 27.3 Å². The van der Waals surface area contributed by atoms with Crippen LogP contribution in [0.15, 0.2) is 38.7 Å². The Morgan fingerprint density at radius 3 is 2.94 bits per heavy atom. The molecule has 6 heteroatoms. The second-order valence-corrected chi connectivity index (χ2v) is 5.11. The number of hydrogen-bond acceptors (Lipinski definition) is 4. The summed E-state index contributed by atoms with van der Waals surface area (Å²) in [6, 6.07) is 6.89. The molecule has 0 saturated carbocycles. The molecule has 0 spiro atoms. The summed E-state index contributed by atoms with van der Waals surface area (Å²) in [5.41, 5.74) is 0. The second-order valence-electron chi connectivity index (χ2n) is 3.35. The number of carbonyl (C=O) groups is 1. The molecule has 2 heterocycles. The Bertz CT molecular complexity index is 495. The summed E-state index contributed by atoms with van der Waals surface area (Å²) in [6.45, 7) is 0.164. The Labute approximate surface area is 110 Å². The van der Waals surface area contributed by atoms with Crippen molar-refractivity contribution in [1.29, 1.82) is 0 Å². The molecule has 0 aliphatic heterocycles.